The van der Waals surface area contributed by atoms with Crippen LogP contribution in [-0.2, 0) is 11.2 Å². The Morgan fingerprint density at radius 1 is 0.964 bits per heavy atom. The van der Waals surface area contributed by atoms with Crippen LogP contribution in [-0.4, -0.2) is 54.9 Å². The third-order valence-corrected chi connectivity index (χ3v) is 5.05. The number of carbonyl (C=O) groups excluding carboxylic acids is 2. The molecular weight excluding hydrogens is 356 g/mol. The summed E-state index contributed by atoms with van der Waals surface area (Å²) in [7, 11) is 1.61. The van der Waals surface area contributed by atoms with E-state index in [1.165, 1.54) is 0 Å². The number of amides is 2. The first-order chi connectivity index (χ1) is 13.6. The van der Waals surface area contributed by atoms with Crippen LogP contribution in [0, 0.1) is 0 Å². The van der Waals surface area contributed by atoms with Gasteiger partial charge in [0.05, 0.1) is 13.5 Å². The summed E-state index contributed by atoms with van der Waals surface area (Å²) in [5, 5.41) is 0.915. The molecular formula is C22H22N2O4. The third kappa shape index (κ3) is 3.71. The molecule has 6 nitrogen and oxygen atoms in total. The van der Waals surface area contributed by atoms with Crippen molar-refractivity contribution < 1.29 is 18.7 Å². The van der Waals surface area contributed by atoms with Gasteiger partial charge in [0.15, 0.2) is 5.76 Å². The van der Waals surface area contributed by atoms with Crippen molar-refractivity contribution in [3.8, 4) is 5.75 Å². The Labute approximate surface area is 163 Å². The fourth-order valence-electron chi connectivity index (χ4n) is 3.47. The summed E-state index contributed by atoms with van der Waals surface area (Å²) >= 11 is 0. The zero-order chi connectivity index (χ0) is 19.5. The van der Waals surface area contributed by atoms with Crippen molar-refractivity contribution in [1.29, 1.82) is 0 Å². The summed E-state index contributed by atoms with van der Waals surface area (Å²) in [6, 6.07) is 16.9. The van der Waals surface area contributed by atoms with E-state index in [0.29, 0.717) is 43.9 Å². The highest BCUT2D eigenvalue weighted by atomic mass is 16.5. The number of furan rings is 1. The van der Waals surface area contributed by atoms with E-state index in [4.69, 9.17) is 9.15 Å². The van der Waals surface area contributed by atoms with Gasteiger partial charge in [-0.1, -0.05) is 30.3 Å². The van der Waals surface area contributed by atoms with Crippen LogP contribution in [0.3, 0.4) is 0 Å². The van der Waals surface area contributed by atoms with Gasteiger partial charge in [0, 0.05) is 31.6 Å². The predicted molar refractivity (Wildman–Crippen MR) is 105 cm³/mol. The normalized spacial score (nSPS) is 14.3. The van der Waals surface area contributed by atoms with Crippen LogP contribution >= 0.6 is 0 Å². The van der Waals surface area contributed by atoms with Crippen LogP contribution in [0.25, 0.3) is 11.0 Å². The standard InChI is InChI=1S/C22H22N2O4/c1-27-18-7-4-5-16(13-18)14-21(25)23-9-11-24(12-10-23)22(26)20-15-17-6-2-3-8-19(17)28-20/h2-8,13,15H,9-12,14H2,1H3. The molecule has 144 valence electrons. The second-order valence-corrected chi connectivity index (χ2v) is 6.85. The number of para-hydroxylation sites is 1. The lowest BCUT2D eigenvalue weighted by molar-refractivity contribution is -0.131. The number of piperazine rings is 1. The molecule has 0 spiro atoms. The zero-order valence-corrected chi connectivity index (χ0v) is 15.8. The number of nitrogens with zero attached hydrogens (tertiary/aromatic N) is 2. The predicted octanol–water partition coefficient (Wildman–Crippen LogP) is 2.97. The molecule has 1 aliphatic heterocycles. The SMILES string of the molecule is COc1cccc(CC(=O)N2CCN(C(=O)c3cc4ccccc4o3)CC2)c1. The summed E-state index contributed by atoms with van der Waals surface area (Å²) in [4.78, 5) is 28.9. The molecule has 4 rings (SSSR count). The summed E-state index contributed by atoms with van der Waals surface area (Å²) in [5.41, 5.74) is 1.63. The van der Waals surface area contributed by atoms with Gasteiger partial charge in [0.2, 0.25) is 5.91 Å². The molecule has 1 aliphatic rings. The van der Waals surface area contributed by atoms with Gasteiger partial charge >= 0.3 is 0 Å². The monoisotopic (exact) mass is 378 g/mol. The number of carbonyl (C=O) groups is 2. The van der Waals surface area contributed by atoms with E-state index in [-0.39, 0.29) is 11.8 Å². The van der Waals surface area contributed by atoms with Crippen LogP contribution in [0.2, 0.25) is 0 Å². The van der Waals surface area contributed by atoms with Gasteiger partial charge in [0.1, 0.15) is 11.3 Å². The minimum atomic E-state index is -0.129. The maximum atomic E-state index is 12.7. The first-order valence-corrected chi connectivity index (χ1v) is 9.32. The van der Waals surface area contributed by atoms with Crippen LogP contribution in [0.15, 0.2) is 59.0 Å². The number of methoxy groups -OCH3 is 1. The molecule has 0 unspecified atom stereocenters. The lowest BCUT2D eigenvalue weighted by Gasteiger charge is -2.34. The molecule has 0 bridgehead atoms. The van der Waals surface area contributed by atoms with Gasteiger partial charge in [0.25, 0.3) is 5.91 Å². The lowest BCUT2D eigenvalue weighted by atomic mass is 10.1. The van der Waals surface area contributed by atoms with Gasteiger partial charge in [-0.05, 0) is 29.8 Å². The summed E-state index contributed by atoms with van der Waals surface area (Å²) < 4.78 is 10.9. The number of rotatable bonds is 4. The van der Waals surface area contributed by atoms with Crippen molar-refractivity contribution in [2.75, 3.05) is 33.3 Å². The van der Waals surface area contributed by atoms with E-state index in [2.05, 4.69) is 0 Å². The molecule has 28 heavy (non-hydrogen) atoms. The second kappa shape index (κ2) is 7.76. The number of hydrogen-bond donors (Lipinski definition) is 0. The Bertz CT molecular complexity index is 969. The summed E-state index contributed by atoms with van der Waals surface area (Å²) in [6.45, 7) is 2.04. The van der Waals surface area contributed by atoms with Crippen molar-refractivity contribution in [2.24, 2.45) is 0 Å². The second-order valence-electron chi connectivity index (χ2n) is 6.85. The largest absolute Gasteiger partial charge is 0.497 e. The van der Waals surface area contributed by atoms with Crippen molar-refractivity contribution in [2.45, 2.75) is 6.42 Å². The van der Waals surface area contributed by atoms with Crippen LogP contribution in [0.1, 0.15) is 16.1 Å². The Morgan fingerprint density at radius 3 is 2.46 bits per heavy atom. The minimum Gasteiger partial charge on any atom is -0.497 e. The number of benzene rings is 2. The molecule has 6 heteroatoms. The van der Waals surface area contributed by atoms with Gasteiger partial charge in [-0.2, -0.15) is 0 Å². The topological polar surface area (TPSA) is 63.0 Å². The lowest BCUT2D eigenvalue weighted by Crippen LogP contribution is -2.50. The van der Waals surface area contributed by atoms with Gasteiger partial charge in [-0.15, -0.1) is 0 Å². The van der Waals surface area contributed by atoms with E-state index in [0.717, 1.165) is 16.7 Å². The van der Waals surface area contributed by atoms with Crippen LogP contribution < -0.4 is 4.74 Å². The van der Waals surface area contributed by atoms with Crippen LogP contribution in [0.4, 0.5) is 0 Å². The Balaban J connectivity index is 1.35. The smallest absolute Gasteiger partial charge is 0.289 e. The molecule has 0 radical (unpaired) electrons. The molecule has 0 saturated carbocycles. The quantitative estimate of drug-likeness (QED) is 0.700. The highest BCUT2D eigenvalue weighted by Crippen LogP contribution is 2.21. The molecule has 0 aliphatic carbocycles. The molecule has 0 N–H and O–H groups in total. The van der Waals surface area contributed by atoms with Gasteiger partial charge in [-0.3, -0.25) is 9.59 Å². The average Bonchev–Trinajstić information content (AvgIpc) is 3.17. The van der Waals surface area contributed by atoms with Crippen molar-refractivity contribution in [3.63, 3.8) is 0 Å². The first-order valence-electron chi connectivity index (χ1n) is 9.32. The van der Waals surface area contributed by atoms with E-state index >= 15 is 0 Å². The third-order valence-electron chi connectivity index (χ3n) is 5.05. The van der Waals surface area contributed by atoms with Crippen molar-refractivity contribution in [1.82, 2.24) is 9.80 Å². The molecule has 2 aromatic carbocycles. The molecule has 1 fully saturated rings. The number of hydrogen-bond acceptors (Lipinski definition) is 4. The molecule has 2 heterocycles. The minimum absolute atomic E-state index is 0.0593. The molecule has 3 aromatic rings. The molecule has 0 atom stereocenters. The Hall–Kier alpha value is -3.28. The Morgan fingerprint density at radius 2 is 1.71 bits per heavy atom. The Kier molecular flexibility index (Phi) is 5.02. The molecule has 1 saturated heterocycles. The van der Waals surface area contributed by atoms with E-state index in [1.54, 1.807) is 18.1 Å². The molecule has 1 aromatic heterocycles. The maximum absolute atomic E-state index is 12.7. The zero-order valence-electron chi connectivity index (χ0n) is 15.8. The van der Waals surface area contributed by atoms with Crippen molar-refractivity contribution >= 4 is 22.8 Å². The summed E-state index contributed by atoms with van der Waals surface area (Å²) in [5.74, 6) is 1.02. The number of fused-ring (bicyclic) bond motifs is 1. The maximum Gasteiger partial charge on any atom is 0.289 e. The highest BCUT2D eigenvalue weighted by molar-refractivity contribution is 5.96. The van der Waals surface area contributed by atoms with E-state index in [9.17, 15) is 9.59 Å². The van der Waals surface area contributed by atoms with Crippen molar-refractivity contribution in [3.05, 3.63) is 65.9 Å². The average molecular weight is 378 g/mol. The van der Waals surface area contributed by atoms with Gasteiger partial charge < -0.3 is 19.0 Å². The molecule has 2 amide bonds. The first kappa shape index (κ1) is 18.1. The number of ether oxygens (including phenoxy) is 1. The fraction of sp³-hybridized carbons (Fsp3) is 0.273. The summed E-state index contributed by atoms with van der Waals surface area (Å²) in [6.07, 6.45) is 0.328. The highest BCUT2D eigenvalue weighted by Gasteiger charge is 2.26. The van der Waals surface area contributed by atoms with E-state index in [1.807, 2.05) is 53.4 Å². The fourth-order valence-corrected chi connectivity index (χ4v) is 3.47. The van der Waals surface area contributed by atoms with E-state index < -0.39 is 0 Å². The van der Waals surface area contributed by atoms with Crippen LogP contribution in [0.5, 0.6) is 5.75 Å². The van der Waals surface area contributed by atoms with Gasteiger partial charge in [-0.25, -0.2) is 0 Å².